The lowest BCUT2D eigenvalue weighted by molar-refractivity contribution is 0.0725. The van der Waals surface area contributed by atoms with Crippen LogP contribution in [0.1, 0.15) is 20.8 Å². The van der Waals surface area contributed by atoms with E-state index >= 15 is 0 Å². The van der Waals surface area contributed by atoms with Crippen LogP contribution in [-0.4, -0.2) is 43.1 Å². The van der Waals surface area contributed by atoms with Gasteiger partial charge in [0.1, 0.15) is 0 Å². The van der Waals surface area contributed by atoms with Crippen LogP contribution in [0.25, 0.3) is 0 Å². The maximum absolute atomic E-state index is 6.80. The highest BCUT2D eigenvalue weighted by Gasteiger charge is 2.49. The summed E-state index contributed by atoms with van der Waals surface area (Å²) in [4.78, 5) is 0. The van der Waals surface area contributed by atoms with Gasteiger partial charge in [-0.2, -0.15) is 0 Å². The minimum absolute atomic E-state index is 0.00332. The Morgan fingerprint density at radius 1 is 0.643 bits per heavy atom. The van der Waals surface area contributed by atoms with Crippen molar-refractivity contribution in [3.05, 3.63) is 60.7 Å². The lowest BCUT2D eigenvalue weighted by Gasteiger charge is -2.43. The largest absolute Gasteiger partial charge is 0.415 e. The molecule has 0 saturated carbocycles. The minimum atomic E-state index is -2.45. The third-order valence-electron chi connectivity index (χ3n) is 4.73. The van der Waals surface area contributed by atoms with Gasteiger partial charge in [0.2, 0.25) is 0 Å². The summed E-state index contributed by atoms with van der Waals surface area (Å²) in [5, 5.41) is 2.60. The summed E-state index contributed by atoms with van der Waals surface area (Å²) in [5.41, 5.74) is 0. The Balaban J connectivity index is 2.14. The molecule has 5 heteroatoms. The Hall–Kier alpha value is -1.25. The van der Waals surface area contributed by atoms with Crippen LogP contribution in [-0.2, 0) is 13.6 Å². The zero-order valence-electron chi connectivity index (χ0n) is 18.3. The third-order valence-corrected chi connectivity index (χ3v) is 10.8. The fourth-order valence-corrected chi connectivity index (χ4v) is 8.76. The van der Waals surface area contributed by atoms with Gasteiger partial charge >= 0.3 is 0 Å². The first kappa shape index (κ1) is 23.0. The molecule has 0 atom stereocenters. The molecule has 28 heavy (non-hydrogen) atoms. The molecule has 0 heterocycles. The van der Waals surface area contributed by atoms with Gasteiger partial charge < -0.3 is 13.6 Å². The minimum Gasteiger partial charge on any atom is -0.415 e. The van der Waals surface area contributed by atoms with E-state index in [1.165, 1.54) is 10.4 Å². The van der Waals surface area contributed by atoms with Gasteiger partial charge in [0, 0.05) is 0 Å². The first-order valence-corrected chi connectivity index (χ1v) is 15.5. The van der Waals surface area contributed by atoms with Crippen molar-refractivity contribution < 1.29 is 13.6 Å². The van der Waals surface area contributed by atoms with Gasteiger partial charge in [0.25, 0.3) is 8.32 Å². The van der Waals surface area contributed by atoms with E-state index in [1.54, 1.807) is 0 Å². The van der Waals surface area contributed by atoms with Gasteiger partial charge in [-0.15, -0.1) is 0 Å². The molecule has 0 aliphatic rings. The van der Waals surface area contributed by atoms with Crippen molar-refractivity contribution in [1.82, 2.24) is 0 Å². The summed E-state index contributed by atoms with van der Waals surface area (Å²) in [6.07, 6.45) is 0. The summed E-state index contributed by atoms with van der Waals surface area (Å²) in [6, 6.07) is 21.4. The summed E-state index contributed by atoms with van der Waals surface area (Å²) in [6.45, 7) is 15.9. The average Bonchev–Trinajstić information content (AvgIpc) is 2.63. The molecule has 2 aromatic carbocycles. The molecule has 0 radical (unpaired) electrons. The van der Waals surface area contributed by atoms with Gasteiger partial charge in [-0.05, 0) is 35.1 Å². The Morgan fingerprint density at radius 2 is 1.07 bits per heavy atom. The first-order valence-electron chi connectivity index (χ1n) is 10.1. The molecule has 0 amide bonds. The van der Waals surface area contributed by atoms with Crippen LogP contribution >= 0.6 is 0 Å². The van der Waals surface area contributed by atoms with E-state index in [0.29, 0.717) is 26.4 Å². The highest BCUT2D eigenvalue weighted by Crippen LogP contribution is 2.36. The number of rotatable bonds is 10. The van der Waals surface area contributed by atoms with Crippen LogP contribution in [0.3, 0.4) is 0 Å². The Kier molecular flexibility index (Phi) is 8.22. The number of hydrogen-bond donors (Lipinski definition) is 0. The van der Waals surface area contributed by atoms with E-state index in [2.05, 4.69) is 101 Å². The van der Waals surface area contributed by atoms with Crippen molar-refractivity contribution in [3.63, 3.8) is 0 Å². The standard InChI is InChI=1S/C23H36O3Si2/c1-23(2,3)28(21-13-9-7-10-14-21,22-15-11-8-12-16-22)26-20-18-24-17-19-25-27(4,5)6/h7-16H,17-20H2,1-6H3. The molecule has 0 fully saturated rings. The van der Waals surface area contributed by atoms with E-state index in [-0.39, 0.29) is 5.04 Å². The number of benzene rings is 2. The molecule has 0 aromatic heterocycles. The van der Waals surface area contributed by atoms with Crippen LogP contribution in [0, 0.1) is 0 Å². The monoisotopic (exact) mass is 416 g/mol. The molecule has 0 bridgehead atoms. The SMILES string of the molecule is CC(C)(C)[Si](OCCOCCO[Si](C)(C)C)(c1ccccc1)c1ccccc1. The Labute approximate surface area is 173 Å². The number of hydrogen-bond acceptors (Lipinski definition) is 3. The highest BCUT2D eigenvalue weighted by atomic mass is 28.4. The summed E-state index contributed by atoms with van der Waals surface area (Å²) in [5.74, 6) is 0. The maximum atomic E-state index is 6.80. The fraction of sp³-hybridized carbons (Fsp3) is 0.478. The van der Waals surface area contributed by atoms with Crippen LogP contribution in [0.4, 0.5) is 0 Å². The molecule has 0 spiro atoms. The zero-order valence-corrected chi connectivity index (χ0v) is 20.3. The molecular weight excluding hydrogens is 380 g/mol. The van der Waals surface area contributed by atoms with Gasteiger partial charge in [-0.1, -0.05) is 81.4 Å². The van der Waals surface area contributed by atoms with Crippen LogP contribution < -0.4 is 10.4 Å². The molecular formula is C23H36O3Si2. The highest BCUT2D eigenvalue weighted by molar-refractivity contribution is 6.99. The number of ether oxygens (including phenoxy) is 1. The topological polar surface area (TPSA) is 27.7 Å². The van der Waals surface area contributed by atoms with E-state index in [1.807, 2.05) is 0 Å². The van der Waals surface area contributed by atoms with Crippen molar-refractivity contribution in [1.29, 1.82) is 0 Å². The van der Waals surface area contributed by atoms with Gasteiger partial charge in [0.05, 0.1) is 26.4 Å². The molecule has 0 N–H and O–H groups in total. The van der Waals surface area contributed by atoms with Crippen molar-refractivity contribution in [3.8, 4) is 0 Å². The lowest BCUT2D eigenvalue weighted by atomic mass is 10.2. The molecule has 0 aliphatic carbocycles. The smallest absolute Gasteiger partial charge is 0.261 e. The predicted octanol–water partition coefficient (Wildman–Crippen LogP) is 4.43. The van der Waals surface area contributed by atoms with Crippen LogP contribution in [0.15, 0.2) is 60.7 Å². The normalized spacial score (nSPS) is 12.9. The molecule has 3 nitrogen and oxygen atoms in total. The Bertz CT molecular complexity index is 652. The zero-order chi connectivity index (χ0) is 20.7. The van der Waals surface area contributed by atoms with E-state index in [0.717, 1.165) is 0 Å². The first-order chi connectivity index (χ1) is 13.2. The van der Waals surface area contributed by atoms with E-state index < -0.39 is 16.6 Å². The molecule has 2 rings (SSSR count). The predicted molar refractivity (Wildman–Crippen MR) is 124 cm³/mol. The van der Waals surface area contributed by atoms with Gasteiger partial charge in [-0.3, -0.25) is 0 Å². The van der Waals surface area contributed by atoms with Crippen molar-refractivity contribution >= 4 is 27.0 Å². The van der Waals surface area contributed by atoms with Crippen LogP contribution in [0.5, 0.6) is 0 Å². The van der Waals surface area contributed by atoms with Crippen molar-refractivity contribution in [2.45, 2.75) is 45.5 Å². The fourth-order valence-electron chi connectivity index (χ4n) is 3.52. The second-order valence-electron chi connectivity index (χ2n) is 9.08. The molecule has 0 unspecified atom stereocenters. The molecule has 0 aliphatic heterocycles. The quantitative estimate of drug-likeness (QED) is 0.423. The second-order valence-corrected chi connectivity index (χ2v) is 17.9. The Morgan fingerprint density at radius 3 is 1.46 bits per heavy atom. The van der Waals surface area contributed by atoms with Crippen molar-refractivity contribution in [2.75, 3.05) is 26.4 Å². The summed E-state index contributed by atoms with van der Waals surface area (Å²) in [7, 11) is -3.93. The average molecular weight is 417 g/mol. The molecule has 154 valence electrons. The van der Waals surface area contributed by atoms with E-state index in [4.69, 9.17) is 13.6 Å². The summed E-state index contributed by atoms with van der Waals surface area (Å²) < 4.78 is 18.5. The lowest BCUT2D eigenvalue weighted by Crippen LogP contribution is -2.66. The summed E-state index contributed by atoms with van der Waals surface area (Å²) >= 11 is 0. The maximum Gasteiger partial charge on any atom is 0.261 e. The van der Waals surface area contributed by atoms with E-state index in [9.17, 15) is 0 Å². The second kappa shape index (κ2) is 9.99. The van der Waals surface area contributed by atoms with Gasteiger partial charge in [-0.25, -0.2) is 0 Å². The van der Waals surface area contributed by atoms with Gasteiger partial charge in [0.15, 0.2) is 8.32 Å². The van der Waals surface area contributed by atoms with Crippen molar-refractivity contribution in [2.24, 2.45) is 0 Å². The van der Waals surface area contributed by atoms with Crippen LogP contribution in [0.2, 0.25) is 24.7 Å². The molecule has 0 saturated heterocycles. The molecule has 2 aromatic rings. The third kappa shape index (κ3) is 6.12.